The number of thioether (sulfide) groups is 1. The molecule has 92 valence electrons. The summed E-state index contributed by atoms with van der Waals surface area (Å²) in [5, 5.41) is 4.07. The van der Waals surface area contributed by atoms with Crippen LogP contribution in [0.5, 0.6) is 0 Å². The Labute approximate surface area is 103 Å². The third kappa shape index (κ3) is 5.61. The highest BCUT2D eigenvalue weighted by Crippen LogP contribution is 2.19. The average Bonchev–Trinajstić information content (AvgIpc) is 2.58. The van der Waals surface area contributed by atoms with Gasteiger partial charge in [-0.2, -0.15) is 11.8 Å². The van der Waals surface area contributed by atoms with Gasteiger partial charge in [0, 0.05) is 5.54 Å². The molecule has 0 bridgehead atoms. The van der Waals surface area contributed by atoms with Crippen LogP contribution in [0.2, 0.25) is 0 Å². The topological polar surface area (TPSA) is 25.2 Å². The van der Waals surface area contributed by atoms with Crippen LogP contribution in [0, 0.1) is 0 Å². The summed E-state index contributed by atoms with van der Waals surface area (Å²) in [6, 6.07) is 4.14. The normalized spacial score (nSPS) is 12.4. The van der Waals surface area contributed by atoms with Gasteiger partial charge in [-0.3, -0.25) is 0 Å². The third-order valence-electron chi connectivity index (χ3n) is 2.07. The first-order valence-electron chi connectivity index (χ1n) is 5.81. The standard InChI is InChI=1S/C13H23NOS/c1-10(2)16-9-12-7-6-11(15-12)8-14-13(3,4)5/h6-7,10,14H,8-9H2,1-5H3. The maximum atomic E-state index is 5.75. The number of furan rings is 1. The molecule has 16 heavy (non-hydrogen) atoms. The van der Waals surface area contributed by atoms with E-state index in [-0.39, 0.29) is 5.54 Å². The van der Waals surface area contributed by atoms with E-state index in [1.54, 1.807) is 0 Å². The van der Waals surface area contributed by atoms with Crippen molar-refractivity contribution >= 4 is 11.8 Å². The molecule has 0 saturated carbocycles. The molecule has 0 spiro atoms. The molecule has 2 nitrogen and oxygen atoms in total. The molecule has 0 aliphatic carbocycles. The molecule has 1 heterocycles. The van der Waals surface area contributed by atoms with Crippen molar-refractivity contribution in [1.29, 1.82) is 0 Å². The van der Waals surface area contributed by atoms with E-state index < -0.39 is 0 Å². The fourth-order valence-corrected chi connectivity index (χ4v) is 1.85. The molecular formula is C13H23NOS. The summed E-state index contributed by atoms with van der Waals surface area (Å²) in [7, 11) is 0. The minimum atomic E-state index is 0.139. The molecule has 1 N–H and O–H groups in total. The Hall–Kier alpha value is -0.410. The molecule has 0 aliphatic heterocycles. The van der Waals surface area contributed by atoms with E-state index in [2.05, 4.69) is 52.1 Å². The Morgan fingerprint density at radius 3 is 2.44 bits per heavy atom. The molecule has 0 saturated heterocycles. The fraction of sp³-hybridized carbons (Fsp3) is 0.692. The van der Waals surface area contributed by atoms with Crippen LogP contribution < -0.4 is 5.32 Å². The zero-order valence-electron chi connectivity index (χ0n) is 11.0. The molecule has 1 rings (SSSR count). The van der Waals surface area contributed by atoms with Gasteiger partial charge in [0.25, 0.3) is 0 Å². The van der Waals surface area contributed by atoms with E-state index in [1.807, 2.05) is 11.8 Å². The van der Waals surface area contributed by atoms with Crippen LogP contribution in [-0.2, 0) is 12.3 Å². The summed E-state index contributed by atoms with van der Waals surface area (Å²) in [5.41, 5.74) is 0.139. The van der Waals surface area contributed by atoms with E-state index in [4.69, 9.17) is 4.42 Å². The van der Waals surface area contributed by atoms with Gasteiger partial charge < -0.3 is 9.73 Å². The van der Waals surface area contributed by atoms with E-state index in [0.717, 1.165) is 23.8 Å². The predicted octanol–water partition coefficient (Wildman–Crippen LogP) is 3.81. The lowest BCUT2D eigenvalue weighted by Gasteiger charge is -2.19. The van der Waals surface area contributed by atoms with Gasteiger partial charge in [-0.25, -0.2) is 0 Å². The van der Waals surface area contributed by atoms with Crippen molar-refractivity contribution in [2.75, 3.05) is 0 Å². The van der Waals surface area contributed by atoms with Crippen molar-refractivity contribution in [1.82, 2.24) is 5.32 Å². The van der Waals surface area contributed by atoms with Crippen LogP contribution >= 0.6 is 11.8 Å². The SMILES string of the molecule is CC(C)SCc1ccc(CNC(C)(C)C)o1. The predicted molar refractivity (Wildman–Crippen MR) is 71.7 cm³/mol. The van der Waals surface area contributed by atoms with Crippen LogP contribution in [0.1, 0.15) is 46.1 Å². The first-order valence-corrected chi connectivity index (χ1v) is 6.86. The third-order valence-corrected chi connectivity index (χ3v) is 3.19. The zero-order valence-corrected chi connectivity index (χ0v) is 11.8. The summed E-state index contributed by atoms with van der Waals surface area (Å²) in [5.74, 6) is 3.06. The summed E-state index contributed by atoms with van der Waals surface area (Å²) in [6.45, 7) is 11.7. The maximum Gasteiger partial charge on any atom is 0.118 e. The smallest absolute Gasteiger partial charge is 0.118 e. The van der Waals surface area contributed by atoms with Gasteiger partial charge >= 0.3 is 0 Å². The molecule has 1 aromatic rings. The van der Waals surface area contributed by atoms with E-state index in [9.17, 15) is 0 Å². The molecule has 0 amide bonds. The summed E-state index contributed by atoms with van der Waals surface area (Å²) < 4.78 is 5.75. The number of hydrogen-bond acceptors (Lipinski definition) is 3. The second-order valence-corrected chi connectivity index (χ2v) is 6.90. The van der Waals surface area contributed by atoms with Gasteiger partial charge in [-0.1, -0.05) is 13.8 Å². The second-order valence-electron chi connectivity index (χ2n) is 5.33. The summed E-state index contributed by atoms with van der Waals surface area (Å²) in [6.07, 6.45) is 0. The maximum absolute atomic E-state index is 5.75. The van der Waals surface area contributed by atoms with Gasteiger partial charge in [0.1, 0.15) is 11.5 Å². The van der Waals surface area contributed by atoms with E-state index in [0.29, 0.717) is 5.25 Å². The van der Waals surface area contributed by atoms with Crippen molar-refractivity contribution in [3.8, 4) is 0 Å². The van der Waals surface area contributed by atoms with Crippen LogP contribution in [0.3, 0.4) is 0 Å². The lowest BCUT2D eigenvalue weighted by Crippen LogP contribution is -2.34. The molecule has 0 radical (unpaired) electrons. The Morgan fingerprint density at radius 1 is 1.25 bits per heavy atom. The minimum Gasteiger partial charge on any atom is -0.464 e. The van der Waals surface area contributed by atoms with Gasteiger partial charge in [0.05, 0.1) is 12.3 Å². The highest BCUT2D eigenvalue weighted by atomic mass is 32.2. The molecule has 0 fully saturated rings. The van der Waals surface area contributed by atoms with Gasteiger partial charge in [0.2, 0.25) is 0 Å². The number of hydrogen-bond donors (Lipinski definition) is 1. The second kappa shape index (κ2) is 5.78. The lowest BCUT2D eigenvalue weighted by atomic mass is 10.1. The highest BCUT2D eigenvalue weighted by molar-refractivity contribution is 7.99. The van der Waals surface area contributed by atoms with Crippen molar-refractivity contribution in [3.63, 3.8) is 0 Å². The highest BCUT2D eigenvalue weighted by Gasteiger charge is 2.10. The molecule has 0 aliphatic rings. The Morgan fingerprint density at radius 2 is 1.88 bits per heavy atom. The molecule has 3 heteroatoms. The van der Waals surface area contributed by atoms with Crippen molar-refractivity contribution < 1.29 is 4.42 Å². The lowest BCUT2D eigenvalue weighted by molar-refractivity contribution is 0.382. The van der Waals surface area contributed by atoms with Crippen LogP contribution in [0.15, 0.2) is 16.5 Å². The Kier molecular flexibility index (Phi) is 4.93. The van der Waals surface area contributed by atoms with Crippen LogP contribution in [0.4, 0.5) is 0 Å². The monoisotopic (exact) mass is 241 g/mol. The van der Waals surface area contributed by atoms with Crippen molar-refractivity contribution in [2.24, 2.45) is 0 Å². The quantitative estimate of drug-likeness (QED) is 0.848. The minimum absolute atomic E-state index is 0.139. The summed E-state index contributed by atoms with van der Waals surface area (Å²) in [4.78, 5) is 0. The van der Waals surface area contributed by atoms with Gasteiger partial charge in [-0.15, -0.1) is 0 Å². The summed E-state index contributed by atoms with van der Waals surface area (Å²) >= 11 is 1.91. The molecule has 1 aromatic heterocycles. The number of nitrogens with one attached hydrogen (secondary N) is 1. The first-order chi connectivity index (χ1) is 7.37. The van der Waals surface area contributed by atoms with E-state index in [1.165, 1.54) is 0 Å². The zero-order chi connectivity index (χ0) is 12.2. The van der Waals surface area contributed by atoms with Gasteiger partial charge in [0.15, 0.2) is 0 Å². The largest absolute Gasteiger partial charge is 0.464 e. The Bertz CT molecular complexity index is 312. The average molecular weight is 241 g/mol. The Balaban J connectivity index is 2.39. The van der Waals surface area contributed by atoms with Crippen LogP contribution in [0.25, 0.3) is 0 Å². The van der Waals surface area contributed by atoms with Crippen molar-refractivity contribution in [2.45, 2.75) is 57.7 Å². The van der Waals surface area contributed by atoms with Gasteiger partial charge in [-0.05, 0) is 38.2 Å². The molecule has 0 unspecified atom stereocenters. The molecule has 0 atom stereocenters. The first kappa shape index (κ1) is 13.7. The van der Waals surface area contributed by atoms with Crippen LogP contribution in [-0.4, -0.2) is 10.8 Å². The molecule has 0 aromatic carbocycles. The van der Waals surface area contributed by atoms with Crippen molar-refractivity contribution in [3.05, 3.63) is 23.7 Å². The van der Waals surface area contributed by atoms with E-state index >= 15 is 0 Å². The number of rotatable bonds is 5. The molecular weight excluding hydrogens is 218 g/mol. The fourth-order valence-electron chi connectivity index (χ4n) is 1.20.